The third-order valence-corrected chi connectivity index (χ3v) is 3.36. The fourth-order valence-electron chi connectivity index (χ4n) is 1.72. The highest BCUT2D eigenvalue weighted by Crippen LogP contribution is 2.36. The van der Waals surface area contributed by atoms with Gasteiger partial charge in [0.05, 0.1) is 5.71 Å². The van der Waals surface area contributed by atoms with Gasteiger partial charge in [-0.25, -0.2) is 0 Å². The van der Waals surface area contributed by atoms with Gasteiger partial charge in [-0.2, -0.15) is 11.8 Å². The first kappa shape index (κ1) is 7.47. The van der Waals surface area contributed by atoms with Gasteiger partial charge in [0, 0.05) is 6.42 Å². The second kappa shape index (κ2) is 2.70. The lowest BCUT2D eigenvalue weighted by Crippen LogP contribution is -2.33. The van der Waals surface area contributed by atoms with E-state index < -0.39 is 0 Å². The van der Waals surface area contributed by atoms with Gasteiger partial charge in [-0.3, -0.25) is 0 Å². The first-order valence-electron chi connectivity index (χ1n) is 4.10. The van der Waals surface area contributed by atoms with Gasteiger partial charge in [-0.05, 0) is 31.3 Å². The predicted molar refractivity (Wildman–Crippen MR) is 48.1 cm³/mol. The summed E-state index contributed by atoms with van der Waals surface area (Å²) in [4.78, 5) is 5.47. The summed E-state index contributed by atoms with van der Waals surface area (Å²) in [7, 11) is 0. The maximum absolute atomic E-state index is 5.47. The van der Waals surface area contributed by atoms with Crippen molar-refractivity contribution in [1.82, 2.24) is 0 Å². The molecule has 0 saturated carbocycles. The Kier molecular flexibility index (Phi) is 1.83. The summed E-state index contributed by atoms with van der Waals surface area (Å²) in [6, 6.07) is 0. The van der Waals surface area contributed by atoms with Crippen LogP contribution in [0.25, 0.3) is 0 Å². The summed E-state index contributed by atoms with van der Waals surface area (Å²) in [5.41, 5.74) is 1.28. The van der Waals surface area contributed by atoms with Crippen molar-refractivity contribution >= 4 is 17.5 Å². The zero-order chi connectivity index (χ0) is 7.73. The van der Waals surface area contributed by atoms with Crippen molar-refractivity contribution in [3.05, 3.63) is 0 Å². The second-order valence-corrected chi connectivity index (χ2v) is 4.61. The molecule has 0 amide bonds. The monoisotopic (exact) mass is 171 g/mol. The Morgan fingerprint density at radius 2 is 2.18 bits per heavy atom. The summed E-state index contributed by atoms with van der Waals surface area (Å²) in [6.45, 7) is 2.05. The fourth-order valence-corrected chi connectivity index (χ4v) is 2.95. The van der Waals surface area contributed by atoms with Crippen LogP contribution in [0.1, 0.15) is 26.2 Å². The molecule has 0 aliphatic carbocycles. The Morgan fingerprint density at radius 3 is 2.73 bits per heavy atom. The van der Waals surface area contributed by atoms with E-state index in [2.05, 4.69) is 12.1 Å². The summed E-state index contributed by atoms with van der Waals surface area (Å²) >= 11 is 2.03. The number of hydrogen-bond acceptors (Lipinski definition) is 3. The van der Waals surface area contributed by atoms with Crippen LogP contribution in [0.2, 0.25) is 0 Å². The first-order chi connectivity index (χ1) is 5.31. The maximum atomic E-state index is 5.47. The molecule has 0 radical (unpaired) electrons. The molecule has 3 heteroatoms. The van der Waals surface area contributed by atoms with Crippen molar-refractivity contribution in [2.75, 3.05) is 11.5 Å². The Labute approximate surface area is 71.4 Å². The Balaban J connectivity index is 2.01. The van der Waals surface area contributed by atoms with Gasteiger partial charge in [-0.15, -0.1) is 0 Å². The van der Waals surface area contributed by atoms with Crippen LogP contribution in [-0.4, -0.2) is 22.8 Å². The molecule has 0 atom stereocenters. The van der Waals surface area contributed by atoms with E-state index in [4.69, 9.17) is 4.84 Å². The van der Waals surface area contributed by atoms with Crippen molar-refractivity contribution in [2.45, 2.75) is 31.8 Å². The molecule has 1 spiro atoms. The highest BCUT2D eigenvalue weighted by Gasteiger charge is 2.38. The van der Waals surface area contributed by atoms with Crippen molar-refractivity contribution < 1.29 is 4.84 Å². The van der Waals surface area contributed by atoms with E-state index in [1.165, 1.54) is 24.3 Å². The minimum Gasteiger partial charge on any atom is -0.389 e. The van der Waals surface area contributed by atoms with E-state index in [1.54, 1.807) is 0 Å². The average Bonchev–Trinajstić information content (AvgIpc) is 2.34. The molecule has 2 aliphatic heterocycles. The van der Waals surface area contributed by atoms with E-state index in [0.29, 0.717) is 0 Å². The largest absolute Gasteiger partial charge is 0.389 e. The SMILES string of the molecule is CC1=NOC2(CCSCC2)C1. The summed E-state index contributed by atoms with van der Waals surface area (Å²) in [5, 5.41) is 4.02. The van der Waals surface area contributed by atoms with Crippen molar-refractivity contribution in [2.24, 2.45) is 5.16 Å². The van der Waals surface area contributed by atoms with Crippen molar-refractivity contribution in [3.8, 4) is 0 Å². The van der Waals surface area contributed by atoms with Crippen LogP contribution in [0.15, 0.2) is 5.16 Å². The van der Waals surface area contributed by atoms with Gasteiger partial charge in [0.15, 0.2) is 0 Å². The first-order valence-corrected chi connectivity index (χ1v) is 5.26. The molecular formula is C8H13NOS. The van der Waals surface area contributed by atoms with E-state index in [-0.39, 0.29) is 5.60 Å². The van der Waals surface area contributed by atoms with Gasteiger partial charge >= 0.3 is 0 Å². The lowest BCUT2D eigenvalue weighted by Gasteiger charge is -2.29. The van der Waals surface area contributed by atoms with Crippen LogP contribution in [0.4, 0.5) is 0 Å². The van der Waals surface area contributed by atoms with Gasteiger partial charge in [-0.1, -0.05) is 5.16 Å². The molecule has 0 N–H and O–H groups in total. The lowest BCUT2D eigenvalue weighted by atomic mass is 9.92. The molecule has 62 valence electrons. The molecule has 2 nitrogen and oxygen atoms in total. The quantitative estimate of drug-likeness (QED) is 0.556. The third kappa shape index (κ3) is 1.39. The number of nitrogens with zero attached hydrogens (tertiary/aromatic N) is 1. The van der Waals surface area contributed by atoms with Crippen molar-refractivity contribution in [3.63, 3.8) is 0 Å². The van der Waals surface area contributed by atoms with E-state index in [9.17, 15) is 0 Å². The number of hydrogen-bond donors (Lipinski definition) is 0. The molecule has 1 saturated heterocycles. The molecule has 1 fully saturated rings. The minimum atomic E-state index is 0.120. The van der Waals surface area contributed by atoms with Gasteiger partial charge < -0.3 is 4.84 Å². The molecule has 2 heterocycles. The summed E-state index contributed by atoms with van der Waals surface area (Å²) in [6.07, 6.45) is 3.42. The Hall–Kier alpha value is -0.180. The Bertz CT molecular complexity index is 185. The van der Waals surface area contributed by atoms with Gasteiger partial charge in [0.1, 0.15) is 5.60 Å². The van der Waals surface area contributed by atoms with E-state index in [0.717, 1.165) is 12.1 Å². The zero-order valence-electron chi connectivity index (χ0n) is 6.80. The molecule has 2 rings (SSSR count). The van der Waals surface area contributed by atoms with Gasteiger partial charge in [0.25, 0.3) is 0 Å². The van der Waals surface area contributed by atoms with Crippen LogP contribution in [0.3, 0.4) is 0 Å². The lowest BCUT2D eigenvalue weighted by molar-refractivity contribution is -0.0245. The van der Waals surface area contributed by atoms with E-state index >= 15 is 0 Å². The Morgan fingerprint density at radius 1 is 1.45 bits per heavy atom. The van der Waals surface area contributed by atoms with Crippen LogP contribution in [-0.2, 0) is 4.84 Å². The normalized spacial score (nSPS) is 28.3. The molecule has 0 bridgehead atoms. The van der Waals surface area contributed by atoms with Gasteiger partial charge in [0.2, 0.25) is 0 Å². The number of oxime groups is 1. The standard InChI is InChI=1S/C8H13NOS/c1-7-6-8(10-9-7)2-4-11-5-3-8/h2-6H2,1H3. The second-order valence-electron chi connectivity index (χ2n) is 3.39. The molecule has 0 aromatic heterocycles. The number of thioether (sulfide) groups is 1. The molecular weight excluding hydrogens is 158 g/mol. The van der Waals surface area contributed by atoms with Crippen molar-refractivity contribution in [1.29, 1.82) is 0 Å². The molecule has 0 unspecified atom stereocenters. The highest BCUT2D eigenvalue weighted by atomic mass is 32.2. The zero-order valence-corrected chi connectivity index (χ0v) is 7.62. The molecule has 2 aliphatic rings. The van der Waals surface area contributed by atoms with Crippen LogP contribution in [0, 0.1) is 0 Å². The van der Waals surface area contributed by atoms with Crippen LogP contribution < -0.4 is 0 Å². The minimum absolute atomic E-state index is 0.120. The fraction of sp³-hybridized carbons (Fsp3) is 0.875. The maximum Gasteiger partial charge on any atom is 0.144 e. The topological polar surface area (TPSA) is 21.6 Å². The predicted octanol–water partition coefficient (Wildman–Crippen LogP) is 2.05. The summed E-state index contributed by atoms with van der Waals surface area (Å²) in [5.74, 6) is 2.48. The smallest absolute Gasteiger partial charge is 0.144 e. The average molecular weight is 171 g/mol. The molecule has 11 heavy (non-hydrogen) atoms. The highest BCUT2D eigenvalue weighted by molar-refractivity contribution is 7.99. The molecule has 0 aromatic rings. The van der Waals surface area contributed by atoms with Crippen LogP contribution >= 0.6 is 11.8 Å². The number of rotatable bonds is 0. The molecule has 0 aromatic carbocycles. The summed E-state index contributed by atoms with van der Waals surface area (Å²) < 4.78 is 0. The third-order valence-electron chi connectivity index (χ3n) is 2.38. The van der Waals surface area contributed by atoms with E-state index in [1.807, 2.05) is 11.8 Å². The van der Waals surface area contributed by atoms with Crippen LogP contribution in [0.5, 0.6) is 0 Å².